The minimum Gasteiger partial charge on any atom is -0.281 e. The van der Waals surface area contributed by atoms with Gasteiger partial charge in [0.15, 0.2) is 0 Å². The second-order valence-electron chi connectivity index (χ2n) is 6.11. The SMILES string of the molecule is CONC(=O)c1ccc(C)c(-n2ccnc(C3CCCC3)c2=O)c1. The molecule has 1 N–H and O–H groups in total. The topological polar surface area (TPSA) is 73.2 Å². The molecule has 6 nitrogen and oxygen atoms in total. The fraction of sp³-hybridized carbons (Fsp3) is 0.389. The number of rotatable bonds is 4. The molecule has 0 atom stereocenters. The second kappa shape index (κ2) is 6.97. The van der Waals surface area contributed by atoms with Gasteiger partial charge in [-0.1, -0.05) is 18.9 Å². The number of hydroxylamine groups is 1. The van der Waals surface area contributed by atoms with Gasteiger partial charge in [0.2, 0.25) is 0 Å². The maximum absolute atomic E-state index is 12.9. The highest BCUT2D eigenvalue weighted by Crippen LogP contribution is 2.31. The van der Waals surface area contributed by atoms with Crippen LogP contribution in [0, 0.1) is 6.92 Å². The van der Waals surface area contributed by atoms with Crippen LogP contribution in [-0.2, 0) is 4.84 Å². The average Bonchev–Trinajstić information content (AvgIpc) is 3.10. The smallest absolute Gasteiger partial charge is 0.277 e. The summed E-state index contributed by atoms with van der Waals surface area (Å²) >= 11 is 0. The van der Waals surface area contributed by atoms with Gasteiger partial charge in [0, 0.05) is 23.9 Å². The van der Waals surface area contributed by atoms with Crippen LogP contribution >= 0.6 is 0 Å². The highest BCUT2D eigenvalue weighted by Gasteiger charge is 2.22. The van der Waals surface area contributed by atoms with Crippen LogP contribution in [0.4, 0.5) is 0 Å². The van der Waals surface area contributed by atoms with Crippen LogP contribution in [0.15, 0.2) is 35.4 Å². The summed E-state index contributed by atoms with van der Waals surface area (Å²) in [6.07, 6.45) is 7.64. The first kappa shape index (κ1) is 16.4. The third-order valence-electron chi connectivity index (χ3n) is 4.53. The summed E-state index contributed by atoms with van der Waals surface area (Å²) in [5.41, 5.74) is 4.85. The van der Waals surface area contributed by atoms with Crippen LogP contribution in [0.25, 0.3) is 5.69 Å². The van der Waals surface area contributed by atoms with E-state index < -0.39 is 0 Å². The Kier molecular flexibility index (Phi) is 4.76. The van der Waals surface area contributed by atoms with Gasteiger partial charge in [-0.25, -0.2) is 5.48 Å². The Hall–Kier alpha value is -2.47. The van der Waals surface area contributed by atoms with Gasteiger partial charge in [-0.15, -0.1) is 0 Å². The van der Waals surface area contributed by atoms with Crippen LogP contribution in [-0.4, -0.2) is 22.6 Å². The zero-order chi connectivity index (χ0) is 17.1. The summed E-state index contributed by atoms with van der Waals surface area (Å²) in [5.74, 6) is -0.109. The van der Waals surface area contributed by atoms with Crippen molar-refractivity contribution in [2.24, 2.45) is 0 Å². The number of hydrogen-bond donors (Lipinski definition) is 1. The lowest BCUT2D eigenvalue weighted by Gasteiger charge is -2.14. The molecule has 1 aromatic heterocycles. The number of amides is 1. The molecule has 6 heteroatoms. The van der Waals surface area contributed by atoms with Gasteiger partial charge in [0.05, 0.1) is 12.8 Å². The van der Waals surface area contributed by atoms with Gasteiger partial charge >= 0.3 is 0 Å². The fourth-order valence-corrected chi connectivity index (χ4v) is 3.26. The zero-order valence-corrected chi connectivity index (χ0v) is 13.9. The third-order valence-corrected chi connectivity index (χ3v) is 4.53. The summed E-state index contributed by atoms with van der Waals surface area (Å²) < 4.78 is 1.58. The molecule has 1 aliphatic carbocycles. The molecule has 24 heavy (non-hydrogen) atoms. The Balaban J connectivity index is 2.05. The first-order valence-electron chi connectivity index (χ1n) is 8.13. The molecule has 1 fully saturated rings. The minimum absolute atomic E-state index is 0.100. The maximum atomic E-state index is 12.9. The lowest BCUT2D eigenvalue weighted by Crippen LogP contribution is -2.26. The van der Waals surface area contributed by atoms with E-state index in [1.165, 1.54) is 7.11 Å². The van der Waals surface area contributed by atoms with Gasteiger partial charge in [-0.3, -0.25) is 24.0 Å². The third kappa shape index (κ3) is 3.10. The molecule has 1 aliphatic rings. The molecule has 3 rings (SSSR count). The van der Waals surface area contributed by atoms with Crippen LogP contribution in [0.3, 0.4) is 0 Å². The van der Waals surface area contributed by atoms with Gasteiger partial charge in [0.25, 0.3) is 11.5 Å². The molecule has 1 aromatic carbocycles. The number of hydrogen-bond acceptors (Lipinski definition) is 4. The number of aryl methyl sites for hydroxylation is 1. The quantitative estimate of drug-likeness (QED) is 0.876. The molecule has 2 aromatic rings. The first-order chi connectivity index (χ1) is 11.6. The maximum Gasteiger partial charge on any atom is 0.277 e. The molecule has 0 radical (unpaired) electrons. The van der Waals surface area contributed by atoms with E-state index in [0.29, 0.717) is 16.9 Å². The molecule has 1 amide bonds. The molecule has 0 bridgehead atoms. The van der Waals surface area contributed by atoms with Crippen molar-refractivity contribution in [2.75, 3.05) is 7.11 Å². The van der Waals surface area contributed by atoms with Crippen molar-refractivity contribution in [3.63, 3.8) is 0 Å². The van der Waals surface area contributed by atoms with Crippen LogP contribution in [0.2, 0.25) is 0 Å². The summed E-state index contributed by atoms with van der Waals surface area (Å²) in [6.45, 7) is 1.91. The van der Waals surface area contributed by atoms with Gasteiger partial charge < -0.3 is 0 Å². The predicted octanol–water partition coefficient (Wildman–Crippen LogP) is 2.49. The summed E-state index contributed by atoms with van der Waals surface area (Å²) in [6, 6.07) is 5.23. The van der Waals surface area contributed by atoms with E-state index in [1.54, 1.807) is 29.1 Å². The Bertz CT molecular complexity index is 807. The Morgan fingerprint density at radius 3 is 2.79 bits per heavy atom. The van der Waals surface area contributed by atoms with Gasteiger partial charge in [0.1, 0.15) is 5.69 Å². The monoisotopic (exact) mass is 327 g/mol. The minimum atomic E-state index is -0.350. The van der Waals surface area contributed by atoms with E-state index >= 15 is 0 Å². The van der Waals surface area contributed by atoms with Crippen molar-refractivity contribution >= 4 is 5.91 Å². The number of nitrogens with one attached hydrogen (secondary N) is 1. The molecule has 0 aliphatic heterocycles. The summed E-state index contributed by atoms with van der Waals surface area (Å²) in [4.78, 5) is 33.9. The van der Waals surface area contributed by atoms with Crippen LogP contribution in [0.1, 0.15) is 53.2 Å². The van der Waals surface area contributed by atoms with E-state index in [2.05, 4.69) is 15.3 Å². The van der Waals surface area contributed by atoms with Crippen molar-refractivity contribution in [1.82, 2.24) is 15.0 Å². The van der Waals surface area contributed by atoms with Crippen LogP contribution < -0.4 is 11.0 Å². The predicted molar refractivity (Wildman–Crippen MR) is 90.3 cm³/mol. The second-order valence-corrected chi connectivity index (χ2v) is 6.11. The van der Waals surface area contributed by atoms with Crippen molar-refractivity contribution in [1.29, 1.82) is 0 Å². The van der Waals surface area contributed by atoms with E-state index in [4.69, 9.17) is 0 Å². The highest BCUT2D eigenvalue weighted by molar-refractivity contribution is 5.94. The van der Waals surface area contributed by atoms with E-state index in [1.807, 2.05) is 13.0 Å². The van der Waals surface area contributed by atoms with E-state index in [0.717, 1.165) is 31.2 Å². The van der Waals surface area contributed by atoms with Gasteiger partial charge in [-0.05, 0) is 37.5 Å². The molecule has 0 unspecified atom stereocenters. The molecular weight excluding hydrogens is 306 g/mol. The molecule has 126 valence electrons. The van der Waals surface area contributed by atoms with Crippen molar-refractivity contribution in [3.8, 4) is 5.69 Å². The molecule has 0 spiro atoms. The van der Waals surface area contributed by atoms with Crippen LogP contribution in [0.5, 0.6) is 0 Å². The van der Waals surface area contributed by atoms with E-state index in [-0.39, 0.29) is 17.4 Å². The number of benzene rings is 1. The largest absolute Gasteiger partial charge is 0.281 e. The highest BCUT2D eigenvalue weighted by atomic mass is 16.6. The number of carbonyl (C=O) groups excluding carboxylic acids is 1. The summed E-state index contributed by atoms with van der Waals surface area (Å²) in [7, 11) is 1.38. The number of carbonyl (C=O) groups is 1. The molecule has 0 saturated heterocycles. The molecule has 1 saturated carbocycles. The molecular formula is C18H21N3O3. The van der Waals surface area contributed by atoms with Crippen molar-refractivity contribution < 1.29 is 9.63 Å². The number of nitrogens with zero attached hydrogens (tertiary/aromatic N) is 2. The van der Waals surface area contributed by atoms with Gasteiger partial charge in [-0.2, -0.15) is 0 Å². The fourth-order valence-electron chi connectivity index (χ4n) is 3.26. The Morgan fingerprint density at radius 1 is 1.33 bits per heavy atom. The lowest BCUT2D eigenvalue weighted by molar-refractivity contribution is 0.0537. The Labute approximate surface area is 140 Å². The first-order valence-corrected chi connectivity index (χ1v) is 8.13. The van der Waals surface area contributed by atoms with Crippen molar-refractivity contribution in [3.05, 3.63) is 57.8 Å². The van der Waals surface area contributed by atoms with Crippen molar-refractivity contribution in [2.45, 2.75) is 38.5 Å². The average molecular weight is 327 g/mol. The standard InChI is InChI=1S/C18H21N3O3/c1-12-7-8-14(17(22)20-24-2)11-15(12)21-10-9-19-16(18(21)23)13-5-3-4-6-13/h7-11,13H,3-6H2,1-2H3,(H,20,22). The zero-order valence-electron chi connectivity index (χ0n) is 13.9. The normalized spacial score (nSPS) is 14.8. The van der Waals surface area contributed by atoms with E-state index in [9.17, 15) is 9.59 Å². The Morgan fingerprint density at radius 2 is 2.08 bits per heavy atom. The molecule has 1 heterocycles. The number of aromatic nitrogens is 2. The lowest BCUT2D eigenvalue weighted by atomic mass is 10.0. The summed E-state index contributed by atoms with van der Waals surface area (Å²) in [5, 5.41) is 0.